The first-order valence-electron chi connectivity index (χ1n) is 9.04. The number of halogens is 2. The Balaban J connectivity index is 0.000000186. The highest BCUT2D eigenvalue weighted by molar-refractivity contribution is 6.30. The van der Waals surface area contributed by atoms with Gasteiger partial charge >= 0.3 is 6.09 Å². The Morgan fingerprint density at radius 3 is 2.24 bits per heavy atom. The van der Waals surface area contributed by atoms with Crippen LogP contribution in [0.5, 0.6) is 0 Å². The van der Waals surface area contributed by atoms with Crippen molar-refractivity contribution < 1.29 is 9.53 Å². The van der Waals surface area contributed by atoms with Crippen molar-refractivity contribution in [2.24, 2.45) is 0 Å². The summed E-state index contributed by atoms with van der Waals surface area (Å²) in [4.78, 5) is 23.4. The molecule has 6 nitrogen and oxygen atoms in total. The molecule has 0 fully saturated rings. The molecule has 2 aromatic carbocycles. The van der Waals surface area contributed by atoms with Gasteiger partial charge in [0.1, 0.15) is 5.60 Å². The number of aryl methyl sites for hydroxylation is 2. The van der Waals surface area contributed by atoms with E-state index in [0.717, 1.165) is 22.2 Å². The van der Waals surface area contributed by atoms with Crippen LogP contribution in [0, 0.1) is 13.8 Å². The largest absolute Gasteiger partial charge is 0.443 e. The van der Waals surface area contributed by atoms with Crippen molar-refractivity contribution in [3.8, 4) is 0 Å². The summed E-state index contributed by atoms with van der Waals surface area (Å²) in [5.41, 5.74) is 4.87. The van der Waals surface area contributed by atoms with Crippen molar-refractivity contribution in [1.82, 2.24) is 19.5 Å². The number of aromatic nitrogens is 4. The number of fused-ring (bicyclic) bond motifs is 2. The smallest absolute Gasteiger partial charge is 0.421 e. The van der Waals surface area contributed by atoms with Crippen LogP contribution in [0.25, 0.3) is 22.1 Å². The summed E-state index contributed by atoms with van der Waals surface area (Å²) in [6, 6.07) is 11.5. The number of hydrogen-bond acceptors (Lipinski definition) is 4. The lowest BCUT2D eigenvalue weighted by molar-refractivity contribution is 0.0544. The fourth-order valence-electron chi connectivity index (χ4n) is 2.84. The van der Waals surface area contributed by atoms with E-state index in [1.807, 2.05) is 65.0 Å². The molecule has 0 aliphatic heterocycles. The third-order valence-corrected chi connectivity index (χ3v) is 4.54. The number of imidazole rings is 2. The molecule has 0 spiro atoms. The minimum Gasteiger partial charge on any atom is -0.443 e. The average Bonchev–Trinajstić information content (AvgIpc) is 3.14. The summed E-state index contributed by atoms with van der Waals surface area (Å²) in [7, 11) is 0. The third-order valence-electron chi connectivity index (χ3n) is 4.11. The van der Waals surface area contributed by atoms with Gasteiger partial charge in [0.2, 0.25) is 10.6 Å². The maximum Gasteiger partial charge on any atom is 0.421 e. The number of aromatic amines is 1. The van der Waals surface area contributed by atoms with E-state index in [9.17, 15) is 4.79 Å². The molecule has 0 atom stereocenters. The van der Waals surface area contributed by atoms with Crippen LogP contribution in [0.4, 0.5) is 4.79 Å². The van der Waals surface area contributed by atoms with Gasteiger partial charge in [0.25, 0.3) is 0 Å². The predicted molar refractivity (Wildman–Crippen MR) is 117 cm³/mol. The van der Waals surface area contributed by atoms with Crippen molar-refractivity contribution in [3.05, 3.63) is 58.1 Å². The van der Waals surface area contributed by atoms with Crippen molar-refractivity contribution in [2.45, 2.75) is 40.2 Å². The highest BCUT2D eigenvalue weighted by atomic mass is 35.5. The minimum atomic E-state index is -0.569. The molecule has 0 aliphatic carbocycles. The monoisotopic (exact) mass is 432 g/mol. The molecule has 1 N–H and O–H groups in total. The van der Waals surface area contributed by atoms with Crippen molar-refractivity contribution in [2.75, 3.05) is 0 Å². The van der Waals surface area contributed by atoms with Gasteiger partial charge < -0.3 is 9.72 Å². The fourth-order valence-corrected chi connectivity index (χ4v) is 3.27. The lowest BCUT2D eigenvalue weighted by Gasteiger charge is -2.19. The maximum absolute atomic E-state index is 12.1. The molecule has 0 aliphatic rings. The molecule has 0 unspecified atom stereocenters. The molecule has 8 heteroatoms. The molecule has 4 rings (SSSR count). The minimum absolute atomic E-state index is 0.119. The van der Waals surface area contributed by atoms with Gasteiger partial charge in [-0.1, -0.05) is 24.3 Å². The van der Waals surface area contributed by atoms with Crippen molar-refractivity contribution in [1.29, 1.82) is 0 Å². The summed E-state index contributed by atoms with van der Waals surface area (Å²) >= 11 is 11.7. The van der Waals surface area contributed by atoms with Gasteiger partial charge in [-0.25, -0.2) is 19.3 Å². The summed E-state index contributed by atoms with van der Waals surface area (Å²) in [5.74, 6) is 0. The molecule has 0 amide bonds. The highest BCUT2D eigenvalue weighted by Crippen LogP contribution is 2.24. The fraction of sp³-hybridized carbons (Fsp3) is 0.286. The highest BCUT2D eigenvalue weighted by Gasteiger charge is 2.22. The molecular weight excluding hydrogens is 411 g/mol. The zero-order valence-corrected chi connectivity index (χ0v) is 18.4. The maximum atomic E-state index is 12.1. The third kappa shape index (κ3) is 4.71. The number of benzene rings is 2. The number of carbonyl (C=O) groups excluding carboxylic acids is 1. The summed E-state index contributed by atoms with van der Waals surface area (Å²) in [6.45, 7) is 9.36. The first kappa shape index (κ1) is 21.1. The van der Waals surface area contributed by atoms with E-state index in [-0.39, 0.29) is 5.28 Å². The first-order valence-corrected chi connectivity index (χ1v) is 9.80. The second-order valence-corrected chi connectivity index (χ2v) is 8.33. The molecule has 152 valence electrons. The lowest BCUT2D eigenvalue weighted by atomic mass is 10.2. The Morgan fingerprint density at radius 1 is 1.00 bits per heavy atom. The Morgan fingerprint density at radius 2 is 1.62 bits per heavy atom. The number of nitrogens with zero attached hydrogens (tertiary/aromatic N) is 3. The molecule has 29 heavy (non-hydrogen) atoms. The molecule has 4 aromatic rings. The quantitative estimate of drug-likeness (QED) is 0.353. The molecule has 2 heterocycles. The van der Waals surface area contributed by atoms with Crippen LogP contribution in [0.3, 0.4) is 0 Å². The van der Waals surface area contributed by atoms with Gasteiger partial charge in [0.15, 0.2) is 0 Å². The Bertz CT molecular complexity index is 1190. The normalized spacial score (nSPS) is 11.4. The van der Waals surface area contributed by atoms with E-state index in [4.69, 9.17) is 27.9 Å². The van der Waals surface area contributed by atoms with Crippen molar-refractivity contribution >= 4 is 51.4 Å². The molecule has 0 bridgehead atoms. The van der Waals surface area contributed by atoms with Crippen LogP contribution in [0.1, 0.15) is 31.9 Å². The van der Waals surface area contributed by atoms with Crippen LogP contribution >= 0.6 is 23.2 Å². The van der Waals surface area contributed by atoms with Gasteiger partial charge in [0.05, 0.1) is 22.1 Å². The van der Waals surface area contributed by atoms with Gasteiger partial charge in [-0.3, -0.25) is 0 Å². The molecule has 2 aromatic heterocycles. The van der Waals surface area contributed by atoms with E-state index in [2.05, 4.69) is 15.0 Å². The number of rotatable bonds is 0. The number of ether oxygens (including phenoxy) is 1. The van der Waals surface area contributed by atoms with Crippen LogP contribution in [-0.4, -0.2) is 31.2 Å². The predicted octanol–water partition coefficient (Wildman–Crippen LogP) is 6.31. The van der Waals surface area contributed by atoms with E-state index < -0.39 is 11.7 Å². The van der Waals surface area contributed by atoms with Gasteiger partial charge in [0, 0.05) is 0 Å². The number of nitrogens with one attached hydrogen (secondary N) is 1. The first-order chi connectivity index (χ1) is 13.6. The van der Waals surface area contributed by atoms with Gasteiger partial charge in [-0.05, 0) is 81.1 Å². The molecule has 0 saturated carbocycles. The van der Waals surface area contributed by atoms with Crippen LogP contribution in [0.2, 0.25) is 10.6 Å². The number of carbonyl (C=O) groups is 1. The summed E-state index contributed by atoms with van der Waals surface area (Å²) in [6.07, 6.45) is -0.513. The standard InChI is InChI=1S/C13H15ClN2O2.C8H7ClN2/c1-8-6-5-7-9-10(8)15-11(14)16(9)12(17)18-13(2,3)4;1-5-3-2-4-6-7(5)11-8(9)10-6/h5-7H,1-4H3;2-4H,1H3,(H,10,11). The summed E-state index contributed by atoms with van der Waals surface area (Å²) < 4.78 is 6.60. The van der Waals surface area contributed by atoms with E-state index >= 15 is 0 Å². The number of para-hydroxylation sites is 2. The SMILES string of the molecule is Cc1cccc2[nH]c(Cl)nc12.Cc1cccc2c1nc(Cl)n2C(=O)OC(C)(C)C. The summed E-state index contributed by atoms with van der Waals surface area (Å²) in [5, 5.41) is 0.572. The second-order valence-electron chi connectivity index (χ2n) is 7.64. The topological polar surface area (TPSA) is 72.8 Å². The number of H-pyrrole nitrogens is 1. The second kappa shape index (κ2) is 8.05. The number of hydrogen-bond donors (Lipinski definition) is 1. The Kier molecular flexibility index (Phi) is 5.87. The van der Waals surface area contributed by atoms with Crippen LogP contribution in [-0.2, 0) is 4.74 Å². The van der Waals surface area contributed by atoms with Crippen LogP contribution in [0.15, 0.2) is 36.4 Å². The van der Waals surface area contributed by atoms with E-state index in [1.165, 1.54) is 4.57 Å². The Hall–Kier alpha value is -2.57. The molecule has 0 radical (unpaired) electrons. The van der Waals surface area contributed by atoms with E-state index in [1.54, 1.807) is 6.07 Å². The zero-order valence-electron chi connectivity index (χ0n) is 16.9. The molecular formula is C21H22Cl2N4O2. The molecule has 0 saturated heterocycles. The van der Waals surface area contributed by atoms with Crippen LogP contribution < -0.4 is 0 Å². The van der Waals surface area contributed by atoms with Crippen molar-refractivity contribution in [3.63, 3.8) is 0 Å². The zero-order chi connectivity index (χ0) is 21.3. The average molecular weight is 433 g/mol. The van der Waals surface area contributed by atoms with Gasteiger partial charge in [-0.15, -0.1) is 0 Å². The Labute approximate surface area is 178 Å². The van der Waals surface area contributed by atoms with E-state index in [0.29, 0.717) is 16.3 Å². The van der Waals surface area contributed by atoms with Gasteiger partial charge in [-0.2, -0.15) is 0 Å². The lowest BCUT2D eigenvalue weighted by Crippen LogP contribution is -2.27.